The van der Waals surface area contributed by atoms with E-state index in [1.54, 1.807) is 0 Å². The number of thioether (sulfide) groups is 1. The second-order valence-electron chi connectivity index (χ2n) is 6.07. The number of nitrogens with two attached hydrogens (primary N) is 1. The van der Waals surface area contributed by atoms with Crippen LogP contribution in [-0.4, -0.2) is 27.5 Å². The second-order valence-corrected chi connectivity index (χ2v) is 7.21. The number of hydrogen-bond acceptors (Lipinski definition) is 5. The van der Waals surface area contributed by atoms with Crippen LogP contribution in [0.1, 0.15) is 55.8 Å². The molecule has 0 unspecified atom stereocenters. The van der Waals surface area contributed by atoms with Crippen molar-refractivity contribution in [1.29, 1.82) is 0 Å². The summed E-state index contributed by atoms with van der Waals surface area (Å²) >= 11 is 2.00. The molecular weight excluding hydrogens is 268 g/mol. The van der Waals surface area contributed by atoms with Crippen molar-refractivity contribution in [2.24, 2.45) is 0 Å². The standard InChI is InChI=1S/C15H24N4S/c1-9-13(16)18-15(10-3-4-10)19-14(9)17-11-5-7-12(20-2)8-6-11/h10-12H,3-8H2,1-2H3,(H3,16,17,18,19). The Morgan fingerprint density at radius 2 is 1.80 bits per heavy atom. The van der Waals surface area contributed by atoms with E-state index in [0.29, 0.717) is 17.8 Å². The smallest absolute Gasteiger partial charge is 0.136 e. The van der Waals surface area contributed by atoms with E-state index in [0.717, 1.165) is 22.5 Å². The monoisotopic (exact) mass is 292 g/mol. The zero-order valence-corrected chi connectivity index (χ0v) is 13.2. The van der Waals surface area contributed by atoms with Crippen molar-refractivity contribution in [3.8, 4) is 0 Å². The maximum atomic E-state index is 6.04. The largest absolute Gasteiger partial charge is 0.383 e. The lowest BCUT2D eigenvalue weighted by molar-refractivity contribution is 0.472. The summed E-state index contributed by atoms with van der Waals surface area (Å²) in [6.45, 7) is 2.02. The molecule has 2 saturated carbocycles. The van der Waals surface area contributed by atoms with E-state index in [9.17, 15) is 0 Å². The van der Waals surface area contributed by atoms with Gasteiger partial charge in [-0.25, -0.2) is 9.97 Å². The van der Waals surface area contributed by atoms with Gasteiger partial charge in [0.2, 0.25) is 0 Å². The highest BCUT2D eigenvalue weighted by molar-refractivity contribution is 7.99. The molecule has 0 spiro atoms. The zero-order valence-electron chi connectivity index (χ0n) is 12.4. The van der Waals surface area contributed by atoms with Gasteiger partial charge < -0.3 is 11.1 Å². The van der Waals surface area contributed by atoms with Gasteiger partial charge in [-0.3, -0.25) is 0 Å². The summed E-state index contributed by atoms with van der Waals surface area (Å²) in [4.78, 5) is 9.16. The Bertz CT molecular complexity index is 479. The van der Waals surface area contributed by atoms with Crippen LogP contribution < -0.4 is 11.1 Å². The molecule has 4 nitrogen and oxygen atoms in total. The van der Waals surface area contributed by atoms with E-state index in [2.05, 4.69) is 16.6 Å². The summed E-state index contributed by atoms with van der Waals surface area (Å²) in [5, 5.41) is 4.46. The van der Waals surface area contributed by atoms with Crippen molar-refractivity contribution >= 4 is 23.4 Å². The van der Waals surface area contributed by atoms with Crippen LogP contribution in [-0.2, 0) is 0 Å². The minimum atomic E-state index is 0.540. The molecule has 110 valence electrons. The average molecular weight is 292 g/mol. The van der Waals surface area contributed by atoms with E-state index in [4.69, 9.17) is 10.7 Å². The van der Waals surface area contributed by atoms with Gasteiger partial charge in [-0.2, -0.15) is 11.8 Å². The lowest BCUT2D eigenvalue weighted by atomic mass is 9.95. The predicted molar refractivity (Wildman–Crippen MR) is 86.3 cm³/mol. The lowest BCUT2D eigenvalue weighted by Gasteiger charge is -2.29. The van der Waals surface area contributed by atoms with Gasteiger partial charge >= 0.3 is 0 Å². The summed E-state index contributed by atoms with van der Waals surface area (Å²) < 4.78 is 0. The van der Waals surface area contributed by atoms with Gasteiger partial charge in [0.05, 0.1) is 0 Å². The first kappa shape index (κ1) is 14.0. The molecule has 2 fully saturated rings. The molecule has 20 heavy (non-hydrogen) atoms. The van der Waals surface area contributed by atoms with Crippen LogP contribution >= 0.6 is 11.8 Å². The molecule has 0 bridgehead atoms. The summed E-state index contributed by atoms with van der Waals surface area (Å²) in [7, 11) is 0. The van der Waals surface area contributed by atoms with Gasteiger partial charge in [-0.1, -0.05) is 0 Å². The van der Waals surface area contributed by atoms with Crippen LogP contribution in [0.25, 0.3) is 0 Å². The Morgan fingerprint density at radius 1 is 1.10 bits per heavy atom. The van der Waals surface area contributed by atoms with E-state index >= 15 is 0 Å². The maximum absolute atomic E-state index is 6.04. The normalized spacial score (nSPS) is 26.5. The topological polar surface area (TPSA) is 63.8 Å². The Kier molecular flexibility index (Phi) is 4.06. The summed E-state index contributed by atoms with van der Waals surface area (Å²) in [5.74, 6) is 3.09. The summed E-state index contributed by atoms with van der Waals surface area (Å²) in [6, 6.07) is 0.540. The molecule has 1 heterocycles. The Balaban J connectivity index is 1.70. The van der Waals surface area contributed by atoms with Crippen molar-refractivity contribution in [1.82, 2.24) is 9.97 Å². The van der Waals surface area contributed by atoms with Crippen LogP contribution in [0.3, 0.4) is 0 Å². The van der Waals surface area contributed by atoms with Crippen LogP contribution in [0.2, 0.25) is 0 Å². The molecule has 1 aromatic rings. The highest BCUT2D eigenvalue weighted by atomic mass is 32.2. The van der Waals surface area contributed by atoms with Gasteiger partial charge in [0.25, 0.3) is 0 Å². The van der Waals surface area contributed by atoms with Crippen molar-refractivity contribution in [3.05, 3.63) is 11.4 Å². The van der Waals surface area contributed by atoms with Gasteiger partial charge in [0, 0.05) is 22.8 Å². The summed E-state index contributed by atoms with van der Waals surface area (Å²) in [6.07, 6.45) is 9.69. The first-order valence-electron chi connectivity index (χ1n) is 7.60. The van der Waals surface area contributed by atoms with Gasteiger partial charge in [0.15, 0.2) is 0 Å². The van der Waals surface area contributed by atoms with Gasteiger partial charge in [0.1, 0.15) is 17.5 Å². The quantitative estimate of drug-likeness (QED) is 0.891. The van der Waals surface area contributed by atoms with Crippen LogP contribution in [0.15, 0.2) is 0 Å². The molecule has 0 radical (unpaired) electrons. The van der Waals surface area contributed by atoms with Gasteiger partial charge in [-0.05, 0) is 51.7 Å². The fraction of sp³-hybridized carbons (Fsp3) is 0.733. The number of aromatic nitrogens is 2. The van der Waals surface area contributed by atoms with E-state index in [-0.39, 0.29) is 0 Å². The minimum Gasteiger partial charge on any atom is -0.383 e. The van der Waals surface area contributed by atoms with Crippen molar-refractivity contribution in [2.45, 2.75) is 62.7 Å². The minimum absolute atomic E-state index is 0.540. The molecule has 5 heteroatoms. The van der Waals surface area contributed by atoms with Crippen LogP contribution in [0.5, 0.6) is 0 Å². The number of nitrogens with zero attached hydrogens (tertiary/aromatic N) is 2. The SMILES string of the molecule is CSC1CCC(Nc2nc(C3CC3)nc(N)c2C)CC1. The number of rotatable bonds is 4. The third-order valence-electron chi connectivity index (χ3n) is 4.49. The van der Waals surface area contributed by atoms with Crippen molar-refractivity contribution in [3.63, 3.8) is 0 Å². The summed E-state index contributed by atoms with van der Waals surface area (Å²) in [5.41, 5.74) is 7.04. The fourth-order valence-electron chi connectivity index (χ4n) is 2.85. The average Bonchev–Trinajstić information content (AvgIpc) is 3.29. The maximum Gasteiger partial charge on any atom is 0.136 e. The highest BCUT2D eigenvalue weighted by Crippen LogP contribution is 2.39. The Morgan fingerprint density at radius 3 is 2.40 bits per heavy atom. The molecule has 0 amide bonds. The van der Waals surface area contributed by atoms with Gasteiger partial charge in [-0.15, -0.1) is 0 Å². The van der Waals surface area contributed by atoms with Crippen LogP contribution in [0.4, 0.5) is 11.6 Å². The first-order valence-corrected chi connectivity index (χ1v) is 8.89. The van der Waals surface area contributed by atoms with Crippen molar-refractivity contribution in [2.75, 3.05) is 17.3 Å². The molecule has 2 aliphatic carbocycles. The molecule has 3 rings (SSSR count). The zero-order chi connectivity index (χ0) is 14.1. The van der Waals surface area contributed by atoms with Crippen LogP contribution in [0, 0.1) is 6.92 Å². The third-order valence-corrected chi connectivity index (χ3v) is 5.63. The number of nitrogen functional groups attached to an aromatic ring is 1. The van der Waals surface area contributed by atoms with Crippen molar-refractivity contribution < 1.29 is 0 Å². The van der Waals surface area contributed by atoms with E-state index in [1.807, 2.05) is 18.7 Å². The van der Waals surface area contributed by atoms with E-state index < -0.39 is 0 Å². The fourth-order valence-corrected chi connectivity index (χ4v) is 3.60. The van der Waals surface area contributed by atoms with E-state index in [1.165, 1.54) is 38.5 Å². The highest BCUT2D eigenvalue weighted by Gasteiger charge is 2.28. The number of hydrogen-bond donors (Lipinski definition) is 2. The molecule has 0 atom stereocenters. The predicted octanol–water partition coefficient (Wildman–Crippen LogP) is 3.33. The third kappa shape index (κ3) is 3.03. The molecule has 0 saturated heterocycles. The Labute approximate surface area is 125 Å². The molecule has 2 aliphatic rings. The lowest BCUT2D eigenvalue weighted by Crippen LogP contribution is -2.28. The molecule has 3 N–H and O–H groups in total. The number of anilines is 2. The molecular formula is C15H24N4S. The Hall–Kier alpha value is -0.970. The molecule has 0 aromatic carbocycles. The molecule has 0 aliphatic heterocycles. The molecule has 1 aromatic heterocycles. The second kappa shape index (κ2) is 5.80. The first-order chi connectivity index (χ1) is 9.67. The number of nitrogens with one attached hydrogen (secondary N) is 1.